The number of benzene rings is 1. The molecule has 0 fully saturated rings. The van der Waals surface area contributed by atoms with Crippen molar-refractivity contribution in [1.82, 2.24) is 14.8 Å². The highest BCUT2D eigenvalue weighted by atomic mass is 32.1. The Balaban J connectivity index is 1.77. The maximum absolute atomic E-state index is 4.71. The molecule has 0 spiro atoms. The quantitative estimate of drug-likeness (QED) is 0.548. The molecule has 0 atom stereocenters. The summed E-state index contributed by atoms with van der Waals surface area (Å²) >= 11 is 3.31. The number of aromatic nitrogens is 3. The average molecular weight is 309 g/mol. The van der Waals surface area contributed by atoms with Crippen LogP contribution in [0, 0.1) is 0 Å². The van der Waals surface area contributed by atoms with Gasteiger partial charge in [0.15, 0.2) is 0 Å². The molecule has 4 aromatic rings. The maximum Gasteiger partial charge on any atom is 0.211 e. The monoisotopic (exact) mass is 309 g/mol. The molecule has 0 saturated carbocycles. The molecule has 0 aliphatic heterocycles. The summed E-state index contributed by atoms with van der Waals surface area (Å²) in [5, 5.41) is 9.46. The molecule has 0 aliphatic carbocycles. The highest BCUT2D eigenvalue weighted by molar-refractivity contribution is 7.15. The highest BCUT2D eigenvalue weighted by Crippen LogP contribution is 2.29. The maximum atomic E-state index is 4.71. The second-order valence-electron chi connectivity index (χ2n) is 4.49. The molecule has 0 amide bonds. The molecule has 0 bridgehead atoms. The zero-order valence-electron chi connectivity index (χ0n) is 11.0. The van der Waals surface area contributed by atoms with Gasteiger partial charge in [0.1, 0.15) is 0 Å². The first kappa shape index (κ1) is 12.5. The Morgan fingerprint density at radius 1 is 0.905 bits per heavy atom. The number of nitrogens with zero attached hydrogens (tertiary/aromatic N) is 3. The third-order valence-electron chi connectivity index (χ3n) is 3.16. The average Bonchev–Trinajstić information content (AvgIpc) is 3.27. The van der Waals surface area contributed by atoms with Gasteiger partial charge in [-0.15, -0.1) is 22.7 Å². The molecule has 4 rings (SSSR count). The molecule has 0 radical (unpaired) electrons. The summed E-state index contributed by atoms with van der Waals surface area (Å²) in [6, 6.07) is 16.4. The molecular weight excluding hydrogens is 298 g/mol. The second kappa shape index (κ2) is 5.27. The normalized spacial score (nSPS) is 10.9. The number of thiazole rings is 1. The van der Waals surface area contributed by atoms with E-state index >= 15 is 0 Å². The number of hydrogen-bond acceptors (Lipinski definition) is 4. The van der Waals surface area contributed by atoms with Crippen LogP contribution in [0.15, 0.2) is 65.5 Å². The lowest BCUT2D eigenvalue weighted by atomic mass is 10.1. The van der Waals surface area contributed by atoms with Crippen molar-refractivity contribution in [1.29, 1.82) is 0 Å². The molecule has 0 unspecified atom stereocenters. The first-order valence-electron chi connectivity index (χ1n) is 6.51. The van der Waals surface area contributed by atoms with E-state index in [1.807, 2.05) is 41.2 Å². The fourth-order valence-electron chi connectivity index (χ4n) is 2.18. The van der Waals surface area contributed by atoms with Crippen molar-refractivity contribution < 1.29 is 0 Å². The Bertz CT molecular complexity index is 845. The van der Waals surface area contributed by atoms with E-state index in [1.165, 1.54) is 4.88 Å². The van der Waals surface area contributed by atoms with Crippen LogP contribution in [0.3, 0.4) is 0 Å². The molecule has 1 aromatic carbocycles. The van der Waals surface area contributed by atoms with Crippen molar-refractivity contribution >= 4 is 22.7 Å². The van der Waals surface area contributed by atoms with Gasteiger partial charge in [-0.3, -0.25) is 0 Å². The minimum atomic E-state index is 0.891. The van der Waals surface area contributed by atoms with Gasteiger partial charge in [-0.1, -0.05) is 36.4 Å². The number of thiophene rings is 1. The fourth-order valence-corrected chi connectivity index (χ4v) is 3.74. The van der Waals surface area contributed by atoms with Crippen LogP contribution >= 0.6 is 22.7 Å². The van der Waals surface area contributed by atoms with Gasteiger partial charge in [0.2, 0.25) is 5.13 Å². The standard InChI is InChI=1S/C16H11N3S2/c1-2-5-12(6-3-1)14-8-9-17-19(14)16-18-13(11-21-16)15-7-4-10-20-15/h1-11H. The Morgan fingerprint density at radius 3 is 2.62 bits per heavy atom. The molecule has 0 aliphatic rings. The summed E-state index contributed by atoms with van der Waals surface area (Å²) in [5.41, 5.74) is 3.21. The molecule has 0 N–H and O–H groups in total. The van der Waals surface area contributed by atoms with Crippen LogP contribution in [-0.2, 0) is 0 Å². The topological polar surface area (TPSA) is 30.7 Å². The third kappa shape index (κ3) is 2.30. The molecule has 3 nitrogen and oxygen atoms in total. The van der Waals surface area contributed by atoms with Gasteiger partial charge in [-0.2, -0.15) is 5.10 Å². The van der Waals surface area contributed by atoms with Crippen molar-refractivity contribution in [3.05, 3.63) is 65.5 Å². The Hall–Kier alpha value is -2.24. The van der Waals surface area contributed by atoms with Gasteiger partial charge in [-0.05, 0) is 17.5 Å². The molecular formula is C16H11N3S2. The highest BCUT2D eigenvalue weighted by Gasteiger charge is 2.12. The van der Waals surface area contributed by atoms with E-state index in [0.29, 0.717) is 0 Å². The minimum Gasteiger partial charge on any atom is -0.217 e. The van der Waals surface area contributed by atoms with E-state index in [1.54, 1.807) is 22.7 Å². The smallest absolute Gasteiger partial charge is 0.211 e. The Labute approximate surface area is 130 Å². The van der Waals surface area contributed by atoms with Crippen molar-refractivity contribution in [3.63, 3.8) is 0 Å². The Morgan fingerprint density at radius 2 is 1.81 bits per heavy atom. The van der Waals surface area contributed by atoms with E-state index in [-0.39, 0.29) is 0 Å². The van der Waals surface area contributed by atoms with Gasteiger partial charge in [0, 0.05) is 10.9 Å². The largest absolute Gasteiger partial charge is 0.217 e. The van der Waals surface area contributed by atoms with Gasteiger partial charge >= 0.3 is 0 Å². The second-order valence-corrected chi connectivity index (χ2v) is 6.27. The van der Waals surface area contributed by atoms with Crippen LogP contribution in [-0.4, -0.2) is 14.8 Å². The van der Waals surface area contributed by atoms with Crippen molar-refractivity contribution in [3.8, 4) is 27.0 Å². The van der Waals surface area contributed by atoms with Crippen LogP contribution in [0.5, 0.6) is 0 Å². The summed E-state index contributed by atoms with van der Waals surface area (Å²) in [6.07, 6.45) is 1.81. The lowest BCUT2D eigenvalue weighted by Crippen LogP contribution is -1.98. The first-order valence-corrected chi connectivity index (χ1v) is 8.27. The van der Waals surface area contributed by atoms with E-state index in [2.05, 4.69) is 34.1 Å². The SMILES string of the molecule is c1ccc(-c2ccnn2-c2nc(-c3cccs3)cs2)cc1. The summed E-state index contributed by atoms with van der Waals surface area (Å²) in [6.45, 7) is 0. The van der Waals surface area contributed by atoms with E-state index in [0.717, 1.165) is 22.1 Å². The van der Waals surface area contributed by atoms with Crippen LogP contribution in [0.25, 0.3) is 27.0 Å². The predicted molar refractivity (Wildman–Crippen MR) is 88.0 cm³/mol. The molecule has 21 heavy (non-hydrogen) atoms. The van der Waals surface area contributed by atoms with Crippen molar-refractivity contribution in [2.45, 2.75) is 0 Å². The van der Waals surface area contributed by atoms with Crippen LogP contribution in [0.4, 0.5) is 0 Å². The molecule has 102 valence electrons. The van der Waals surface area contributed by atoms with Crippen LogP contribution in [0.1, 0.15) is 0 Å². The fraction of sp³-hybridized carbons (Fsp3) is 0. The van der Waals surface area contributed by atoms with Crippen LogP contribution in [0.2, 0.25) is 0 Å². The number of hydrogen-bond donors (Lipinski definition) is 0. The number of rotatable bonds is 3. The van der Waals surface area contributed by atoms with Crippen LogP contribution < -0.4 is 0 Å². The summed E-state index contributed by atoms with van der Waals surface area (Å²) in [7, 11) is 0. The van der Waals surface area contributed by atoms with Crippen molar-refractivity contribution in [2.75, 3.05) is 0 Å². The van der Waals surface area contributed by atoms with Gasteiger partial charge in [0.25, 0.3) is 0 Å². The first-order chi connectivity index (χ1) is 10.4. The van der Waals surface area contributed by atoms with E-state index in [4.69, 9.17) is 4.98 Å². The van der Waals surface area contributed by atoms with Crippen molar-refractivity contribution in [2.24, 2.45) is 0 Å². The zero-order valence-corrected chi connectivity index (χ0v) is 12.6. The molecule has 0 saturated heterocycles. The summed E-state index contributed by atoms with van der Waals surface area (Å²) in [4.78, 5) is 5.90. The Kier molecular flexibility index (Phi) is 3.14. The van der Waals surface area contributed by atoms with E-state index in [9.17, 15) is 0 Å². The zero-order chi connectivity index (χ0) is 14.1. The van der Waals surface area contributed by atoms with Gasteiger partial charge in [0.05, 0.1) is 22.5 Å². The molecule has 5 heteroatoms. The summed E-state index contributed by atoms with van der Waals surface area (Å²) < 4.78 is 1.90. The molecule has 3 aromatic heterocycles. The van der Waals surface area contributed by atoms with Gasteiger partial charge < -0.3 is 0 Å². The predicted octanol–water partition coefficient (Wildman–Crippen LogP) is 4.72. The molecule has 3 heterocycles. The lowest BCUT2D eigenvalue weighted by Gasteiger charge is -2.03. The van der Waals surface area contributed by atoms with Gasteiger partial charge in [-0.25, -0.2) is 9.67 Å². The van der Waals surface area contributed by atoms with E-state index < -0.39 is 0 Å². The summed E-state index contributed by atoms with van der Waals surface area (Å²) in [5.74, 6) is 0. The lowest BCUT2D eigenvalue weighted by molar-refractivity contribution is 0.878. The minimum absolute atomic E-state index is 0.891. The third-order valence-corrected chi connectivity index (χ3v) is 4.87.